The summed E-state index contributed by atoms with van der Waals surface area (Å²) in [7, 11) is 1.00. The highest BCUT2D eigenvalue weighted by molar-refractivity contribution is 6.40. The standard InChI is InChI=1S/C4H8O2.CH2Cl2.CH2O2.CH4O/c1-3-6-4(2)5;2*2-1-3;1-2/h3H2,1-2H3;1H2;1H,(H,2,3);2H,1H3. The van der Waals surface area contributed by atoms with Crippen LogP contribution in [0.1, 0.15) is 13.8 Å². The Balaban J connectivity index is -0.0000000536. The number of aliphatic hydroxyl groups is 1. The summed E-state index contributed by atoms with van der Waals surface area (Å²) < 4.78 is 4.40. The highest BCUT2D eigenvalue weighted by Gasteiger charge is 1.81. The summed E-state index contributed by atoms with van der Waals surface area (Å²) in [6.07, 6.45) is 0. The molecule has 0 aliphatic carbocycles. The summed E-state index contributed by atoms with van der Waals surface area (Å²) in [4.78, 5) is 18.2. The van der Waals surface area contributed by atoms with Crippen molar-refractivity contribution < 1.29 is 24.5 Å². The lowest BCUT2D eigenvalue weighted by Gasteiger charge is -1.89. The van der Waals surface area contributed by atoms with Crippen molar-refractivity contribution in [2.24, 2.45) is 0 Å². The maximum atomic E-state index is 9.82. The van der Waals surface area contributed by atoms with Gasteiger partial charge in [-0.05, 0) is 6.92 Å². The highest BCUT2D eigenvalue weighted by atomic mass is 35.5. The summed E-state index contributed by atoms with van der Waals surface area (Å²) in [5, 5.41) is 14.1. The van der Waals surface area contributed by atoms with E-state index in [1.165, 1.54) is 6.92 Å². The maximum absolute atomic E-state index is 9.82. The van der Waals surface area contributed by atoms with E-state index in [-0.39, 0.29) is 17.8 Å². The van der Waals surface area contributed by atoms with Crippen LogP contribution in [0.4, 0.5) is 0 Å². The Kier molecular flexibility index (Phi) is 65.4. The number of halogens is 2. The van der Waals surface area contributed by atoms with Crippen molar-refractivity contribution >= 4 is 35.6 Å². The zero-order valence-electron chi connectivity index (χ0n) is 8.37. The number of aliphatic hydroxyl groups excluding tert-OH is 1. The summed E-state index contributed by atoms with van der Waals surface area (Å²) in [6.45, 7) is 3.40. The zero-order chi connectivity index (χ0) is 12.4. The first-order valence-electron chi connectivity index (χ1n) is 3.38. The van der Waals surface area contributed by atoms with E-state index in [2.05, 4.69) is 4.74 Å². The Bertz CT molecular complexity index is 100. The number of hydrogen-bond acceptors (Lipinski definition) is 4. The van der Waals surface area contributed by atoms with Gasteiger partial charge in [-0.3, -0.25) is 9.59 Å². The number of hydrogen-bond donors (Lipinski definition) is 2. The molecule has 0 bridgehead atoms. The van der Waals surface area contributed by atoms with Gasteiger partial charge in [0.05, 0.1) is 11.9 Å². The molecule has 0 amide bonds. The Morgan fingerprint density at radius 1 is 1.43 bits per heavy atom. The first kappa shape index (κ1) is 23.4. The van der Waals surface area contributed by atoms with Gasteiger partial charge in [-0.1, -0.05) is 0 Å². The number of carbonyl (C=O) groups is 2. The SMILES string of the molecule is CCOC(C)=O.CO.ClCCl.O=CO. The fourth-order valence-corrected chi connectivity index (χ4v) is 0.203. The molecule has 2 N–H and O–H groups in total. The molecule has 88 valence electrons. The van der Waals surface area contributed by atoms with Crippen LogP contribution in [0, 0.1) is 0 Å². The van der Waals surface area contributed by atoms with Gasteiger partial charge in [-0.25, -0.2) is 0 Å². The van der Waals surface area contributed by atoms with Crippen LogP contribution >= 0.6 is 23.2 Å². The molecule has 0 rings (SSSR count). The first-order valence-corrected chi connectivity index (χ1v) is 4.45. The topological polar surface area (TPSA) is 83.8 Å². The quantitative estimate of drug-likeness (QED) is 0.417. The van der Waals surface area contributed by atoms with Crippen LogP contribution < -0.4 is 0 Å². The van der Waals surface area contributed by atoms with E-state index in [0.29, 0.717) is 6.61 Å². The molecule has 0 aromatic heterocycles. The minimum Gasteiger partial charge on any atom is -0.483 e. The van der Waals surface area contributed by atoms with E-state index < -0.39 is 0 Å². The van der Waals surface area contributed by atoms with Crippen molar-refractivity contribution in [2.75, 3.05) is 19.1 Å². The zero-order valence-corrected chi connectivity index (χ0v) is 9.88. The van der Waals surface area contributed by atoms with Gasteiger partial charge >= 0.3 is 5.97 Å². The number of alkyl halides is 2. The van der Waals surface area contributed by atoms with Crippen LogP contribution in [-0.4, -0.2) is 41.7 Å². The average molecular weight is 251 g/mol. The molecule has 14 heavy (non-hydrogen) atoms. The van der Waals surface area contributed by atoms with Crippen molar-refractivity contribution in [1.82, 2.24) is 0 Å². The van der Waals surface area contributed by atoms with Gasteiger partial charge in [-0.2, -0.15) is 0 Å². The third kappa shape index (κ3) is 205. The Labute approximate surface area is 93.6 Å². The summed E-state index contributed by atoms with van der Waals surface area (Å²) >= 11 is 9.53. The minimum absolute atomic E-state index is 0.194. The van der Waals surface area contributed by atoms with Crippen molar-refractivity contribution in [3.8, 4) is 0 Å². The molecule has 0 saturated carbocycles. The van der Waals surface area contributed by atoms with E-state index >= 15 is 0 Å². The van der Waals surface area contributed by atoms with Crippen LogP contribution in [0.3, 0.4) is 0 Å². The average Bonchev–Trinajstić information content (AvgIpc) is 2.10. The Hall–Kier alpha value is -0.520. The van der Waals surface area contributed by atoms with E-state index in [1.807, 2.05) is 0 Å². The Morgan fingerprint density at radius 2 is 1.64 bits per heavy atom. The number of ether oxygens (including phenoxy) is 1. The monoisotopic (exact) mass is 250 g/mol. The van der Waals surface area contributed by atoms with Crippen LogP contribution in [0.25, 0.3) is 0 Å². The Morgan fingerprint density at radius 3 is 1.64 bits per heavy atom. The maximum Gasteiger partial charge on any atom is 0.302 e. The molecule has 5 nitrogen and oxygen atoms in total. The third-order valence-corrected chi connectivity index (χ3v) is 0.348. The molecule has 0 radical (unpaired) electrons. The molecular weight excluding hydrogens is 235 g/mol. The van der Waals surface area contributed by atoms with Crippen LogP contribution in [0.5, 0.6) is 0 Å². The normalized spacial score (nSPS) is 5.86. The van der Waals surface area contributed by atoms with Crippen molar-refractivity contribution in [3.63, 3.8) is 0 Å². The molecule has 0 fully saturated rings. The van der Waals surface area contributed by atoms with Crippen molar-refractivity contribution in [2.45, 2.75) is 13.8 Å². The minimum atomic E-state index is -0.250. The molecular formula is C7H16Cl2O5. The smallest absolute Gasteiger partial charge is 0.302 e. The second-order valence-electron chi connectivity index (χ2n) is 1.13. The fraction of sp³-hybridized carbons (Fsp3) is 0.714. The molecule has 0 saturated heterocycles. The van der Waals surface area contributed by atoms with E-state index in [9.17, 15) is 4.79 Å². The predicted molar refractivity (Wildman–Crippen MR) is 55.7 cm³/mol. The van der Waals surface area contributed by atoms with Gasteiger partial charge in [0, 0.05) is 14.0 Å². The molecule has 0 atom stereocenters. The number of rotatable bonds is 1. The van der Waals surface area contributed by atoms with Gasteiger partial charge in [0.1, 0.15) is 0 Å². The molecule has 0 aliphatic heterocycles. The molecule has 0 aromatic rings. The van der Waals surface area contributed by atoms with Crippen LogP contribution in [0.2, 0.25) is 0 Å². The molecule has 0 spiro atoms. The highest BCUT2D eigenvalue weighted by Crippen LogP contribution is 1.73. The van der Waals surface area contributed by atoms with E-state index in [4.69, 9.17) is 38.2 Å². The summed E-state index contributed by atoms with van der Waals surface area (Å²) in [5.74, 6) is -0.211. The van der Waals surface area contributed by atoms with Crippen LogP contribution in [0.15, 0.2) is 0 Å². The number of carboxylic acid groups (broad SMARTS) is 1. The van der Waals surface area contributed by atoms with Gasteiger partial charge in [0.15, 0.2) is 0 Å². The molecule has 0 aliphatic rings. The molecule has 0 unspecified atom stereocenters. The van der Waals surface area contributed by atoms with E-state index in [1.54, 1.807) is 6.92 Å². The molecule has 0 aromatic carbocycles. The van der Waals surface area contributed by atoms with Crippen LogP contribution in [-0.2, 0) is 14.3 Å². The first-order chi connectivity index (χ1) is 6.60. The third-order valence-electron chi connectivity index (χ3n) is 0.348. The van der Waals surface area contributed by atoms with Gasteiger partial charge in [0.2, 0.25) is 0 Å². The summed E-state index contributed by atoms with van der Waals surface area (Å²) in [6, 6.07) is 0. The summed E-state index contributed by atoms with van der Waals surface area (Å²) in [5.41, 5.74) is 0. The lowest BCUT2D eigenvalue weighted by molar-refractivity contribution is -0.140. The second kappa shape index (κ2) is 39.2. The van der Waals surface area contributed by atoms with Gasteiger partial charge in [-0.15, -0.1) is 23.2 Å². The largest absolute Gasteiger partial charge is 0.483 e. The van der Waals surface area contributed by atoms with Crippen molar-refractivity contribution in [3.05, 3.63) is 0 Å². The van der Waals surface area contributed by atoms with Gasteiger partial charge in [0.25, 0.3) is 6.47 Å². The number of carbonyl (C=O) groups excluding carboxylic acids is 1. The lowest BCUT2D eigenvalue weighted by Crippen LogP contribution is -1.95. The molecule has 7 heteroatoms. The second-order valence-corrected chi connectivity index (χ2v) is 1.94. The number of esters is 1. The van der Waals surface area contributed by atoms with Crippen molar-refractivity contribution in [1.29, 1.82) is 0 Å². The van der Waals surface area contributed by atoms with Gasteiger partial charge < -0.3 is 14.9 Å². The predicted octanol–water partition coefficient (Wildman–Crippen LogP) is 1.30. The lowest BCUT2D eigenvalue weighted by atomic mass is 10.8. The molecule has 0 heterocycles. The van der Waals surface area contributed by atoms with E-state index in [0.717, 1.165) is 7.11 Å². The fourth-order valence-electron chi connectivity index (χ4n) is 0.203.